The maximum atomic E-state index is 12.2. The van der Waals surface area contributed by atoms with Crippen molar-refractivity contribution in [2.75, 3.05) is 7.05 Å². The lowest BCUT2D eigenvalue weighted by Crippen LogP contribution is -2.43. The number of carbonyl (C=O) groups is 2. The SMILES string of the molecule is CN(C(=O)C=Cc1ccc(Cl)cc1)[C@@H](Cc1cnc[nH]1)C(=O)O. The molecular weight excluding hydrogens is 318 g/mol. The van der Waals surface area contributed by atoms with Crippen LogP contribution in [0.3, 0.4) is 0 Å². The van der Waals surface area contributed by atoms with E-state index < -0.39 is 17.9 Å². The molecule has 0 fully saturated rings. The van der Waals surface area contributed by atoms with Crippen molar-refractivity contribution in [2.45, 2.75) is 12.5 Å². The lowest BCUT2D eigenvalue weighted by Gasteiger charge is -2.23. The Morgan fingerprint density at radius 1 is 1.39 bits per heavy atom. The number of aliphatic carboxylic acids is 1. The molecule has 23 heavy (non-hydrogen) atoms. The first-order valence-corrected chi connectivity index (χ1v) is 7.25. The first-order chi connectivity index (χ1) is 11.0. The number of nitrogens with zero attached hydrogens (tertiary/aromatic N) is 2. The summed E-state index contributed by atoms with van der Waals surface area (Å²) in [7, 11) is 1.46. The summed E-state index contributed by atoms with van der Waals surface area (Å²) < 4.78 is 0. The van der Waals surface area contributed by atoms with Crippen molar-refractivity contribution in [1.29, 1.82) is 0 Å². The second-order valence-corrected chi connectivity index (χ2v) is 5.41. The minimum atomic E-state index is -1.07. The van der Waals surface area contributed by atoms with Crippen molar-refractivity contribution in [1.82, 2.24) is 14.9 Å². The van der Waals surface area contributed by atoms with Crippen LogP contribution < -0.4 is 0 Å². The van der Waals surface area contributed by atoms with E-state index in [0.717, 1.165) is 5.56 Å². The number of nitrogens with one attached hydrogen (secondary N) is 1. The number of hydrogen-bond acceptors (Lipinski definition) is 3. The average molecular weight is 334 g/mol. The first-order valence-electron chi connectivity index (χ1n) is 6.88. The summed E-state index contributed by atoms with van der Waals surface area (Å²) in [6, 6.07) is 6.00. The number of hydrogen-bond donors (Lipinski definition) is 2. The third-order valence-corrected chi connectivity index (χ3v) is 3.61. The lowest BCUT2D eigenvalue weighted by atomic mass is 10.1. The van der Waals surface area contributed by atoms with Crippen LogP contribution in [0.25, 0.3) is 6.08 Å². The van der Waals surface area contributed by atoms with Crippen LogP contribution in [0.15, 0.2) is 42.9 Å². The van der Waals surface area contributed by atoms with Gasteiger partial charge >= 0.3 is 5.97 Å². The number of carbonyl (C=O) groups excluding carboxylic acids is 1. The molecule has 2 N–H and O–H groups in total. The molecule has 1 amide bonds. The smallest absolute Gasteiger partial charge is 0.326 e. The van der Waals surface area contributed by atoms with Crippen LogP contribution >= 0.6 is 11.6 Å². The van der Waals surface area contributed by atoms with Gasteiger partial charge in [0.05, 0.1) is 6.33 Å². The molecule has 0 aliphatic carbocycles. The van der Waals surface area contributed by atoms with Gasteiger partial charge in [-0.3, -0.25) is 4.79 Å². The standard InChI is InChI=1S/C16H16ClN3O3/c1-20(14(16(22)23)8-13-9-18-10-19-13)15(21)7-4-11-2-5-12(17)6-3-11/h2-7,9-10,14H,8H2,1H3,(H,18,19)(H,22,23)/t14-/m0/s1. The van der Waals surface area contributed by atoms with Crippen LogP contribution in [-0.4, -0.2) is 44.9 Å². The summed E-state index contributed by atoms with van der Waals surface area (Å²) >= 11 is 5.80. The molecule has 1 aromatic heterocycles. The summed E-state index contributed by atoms with van der Waals surface area (Å²) in [5.74, 6) is -1.47. The molecule has 120 valence electrons. The quantitative estimate of drug-likeness (QED) is 0.794. The van der Waals surface area contributed by atoms with Crippen molar-refractivity contribution in [2.24, 2.45) is 0 Å². The summed E-state index contributed by atoms with van der Waals surface area (Å²) in [6.45, 7) is 0. The van der Waals surface area contributed by atoms with E-state index in [1.807, 2.05) is 0 Å². The fourth-order valence-corrected chi connectivity index (χ4v) is 2.13. The molecule has 0 radical (unpaired) electrons. The zero-order valence-corrected chi connectivity index (χ0v) is 13.2. The Labute approximate surface area is 138 Å². The molecule has 7 heteroatoms. The minimum Gasteiger partial charge on any atom is -0.480 e. The molecule has 1 atom stereocenters. The highest BCUT2D eigenvalue weighted by Gasteiger charge is 2.26. The van der Waals surface area contributed by atoms with E-state index in [0.29, 0.717) is 10.7 Å². The number of aromatic amines is 1. The molecule has 0 spiro atoms. The summed E-state index contributed by atoms with van der Waals surface area (Å²) in [5.41, 5.74) is 1.45. The number of halogens is 1. The Morgan fingerprint density at radius 2 is 2.09 bits per heavy atom. The molecule has 0 aliphatic heterocycles. The normalized spacial score (nSPS) is 12.3. The van der Waals surface area contributed by atoms with E-state index in [1.54, 1.807) is 30.3 Å². The Balaban J connectivity index is 2.06. The van der Waals surface area contributed by atoms with Crippen LogP contribution in [0, 0.1) is 0 Å². The number of rotatable bonds is 6. The maximum Gasteiger partial charge on any atom is 0.326 e. The molecule has 0 aliphatic rings. The van der Waals surface area contributed by atoms with Crippen LogP contribution in [-0.2, 0) is 16.0 Å². The van der Waals surface area contributed by atoms with Crippen molar-refractivity contribution in [3.05, 3.63) is 59.1 Å². The van der Waals surface area contributed by atoms with Gasteiger partial charge in [0, 0.05) is 36.5 Å². The van der Waals surface area contributed by atoms with Crippen LogP contribution in [0.5, 0.6) is 0 Å². The second-order valence-electron chi connectivity index (χ2n) is 4.97. The number of carboxylic acid groups (broad SMARTS) is 1. The van der Waals surface area contributed by atoms with Crippen molar-refractivity contribution >= 4 is 29.6 Å². The number of imidazole rings is 1. The van der Waals surface area contributed by atoms with E-state index in [4.69, 9.17) is 11.6 Å². The molecule has 2 aromatic rings. The molecule has 0 bridgehead atoms. The Kier molecular flexibility index (Phi) is 5.54. The van der Waals surface area contributed by atoms with Crippen LogP contribution in [0.1, 0.15) is 11.3 Å². The zero-order chi connectivity index (χ0) is 16.8. The van der Waals surface area contributed by atoms with E-state index in [-0.39, 0.29) is 6.42 Å². The lowest BCUT2D eigenvalue weighted by molar-refractivity contribution is -0.147. The first kappa shape index (κ1) is 16.8. The van der Waals surface area contributed by atoms with Gasteiger partial charge < -0.3 is 15.0 Å². The zero-order valence-electron chi connectivity index (χ0n) is 12.4. The summed E-state index contributed by atoms with van der Waals surface area (Å²) in [6.07, 6.45) is 6.12. The number of benzene rings is 1. The molecule has 6 nitrogen and oxygen atoms in total. The van der Waals surface area contributed by atoms with Gasteiger partial charge in [-0.1, -0.05) is 23.7 Å². The maximum absolute atomic E-state index is 12.2. The molecule has 0 saturated heterocycles. The van der Waals surface area contributed by atoms with Crippen molar-refractivity contribution in [3.63, 3.8) is 0 Å². The third-order valence-electron chi connectivity index (χ3n) is 3.36. The van der Waals surface area contributed by atoms with Gasteiger partial charge in [0.2, 0.25) is 5.91 Å². The molecular formula is C16H16ClN3O3. The Bertz CT molecular complexity index is 696. The van der Waals surface area contributed by atoms with Gasteiger partial charge in [-0.15, -0.1) is 0 Å². The van der Waals surface area contributed by atoms with E-state index >= 15 is 0 Å². The minimum absolute atomic E-state index is 0.159. The average Bonchev–Trinajstić information content (AvgIpc) is 3.04. The van der Waals surface area contributed by atoms with E-state index in [9.17, 15) is 14.7 Å². The molecule has 1 heterocycles. The topological polar surface area (TPSA) is 86.3 Å². The van der Waals surface area contributed by atoms with E-state index in [2.05, 4.69) is 9.97 Å². The second kappa shape index (κ2) is 7.60. The third kappa shape index (κ3) is 4.69. The summed E-state index contributed by atoms with van der Waals surface area (Å²) in [5, 5.41) is 9.95. The van der Waals surface area contributed by atoms with Gasteiger partial charge in [-0.05, 0) is 23.8 Å². The number of aromatic nitrogens is 2. The highest BCUT2D eigenvalue weighted by Crippen LogP contribution is 2.11. The molecule has 2 rings (SSSR count). The fourth-order valence-electron chi connectivity index (χ4n) is 2.01. The molecule has 1 aromatic carbocycles. The van der Waals surface area contributed by atoms with Gasteiger partial charge in [0.1, 0.15) is 6.04 Å². The Morgan fingerprint density at radius 3 is 2.65 bits per heavy atom. The number of likely N-dealkylation sites (N-methyl/N-ethyl adjacent to an activating group) is 1. The highest BCUT2D eigenvalue weighted by molar-refractivity contribution is 6.30. The predicted octanol–water partition coefficient (Wildman–Crippen LogP) is 2.23. The highest BCUT2D eigenvalue weighted by atomic mass is 35.5. The van der Waals surface area contributed by atoms with Crippen molar-refractivity contribution in [3.8, 4) is 0 Å². The monoisotopic (exact) mass is 333 g/mol. The molecule has 0 unspecified atom stereocenters. The van der Waals surface area contributed by atoms with Gasteiger partial charge in [-0.25, -0.2) is 9.78 Å². The van der Waals surface area contributed by atoms with Crippen molar-refractivity contribution < 1.29 is 14.7 Å². The van der Waals surface area contributed by atoms with Gasteiger partial charge in [-0.2, -0.15) is 0 Å². The predicted molar refractivity (Wildman–Crippen MR) is 87.0 cm³/mol. The van der Waals surface area contributed by atoms with E-state index in [1.165, 1.54) is 30.5 Å². The number of H-pyrrole nitrogens is 1. The summed E-state index contributed by atoms with van der Waals surface area (Å²) in [4.78, 5) is 31.5. The van der Waals surface area contributed by atoms with Crippen LogP contribution in [0.2, 0.25) is 5.02 Å². The molecule has 0 saturated carbocycles. The van der Waals surface area contributed by atoms with Crippen LogP contribution in [0.4, 0.5) is 0 Å². The number of carboxylic acids is 1. The van der Waals surface area contributed by atoms with Gasteiger partial charge in [0.25, 0.3) is 0 Å². The Hall–Kier alpha value is -2.60. The fraction of sp³-hybridized carbons (Fsp3) is 0.188. The number of amides is 1. The van der Waals surface area contributed by atoms with Gasteiger partial charge in [0.15, 0.2) is 0 Å². The largest absolute Gasteiger partial charge is 0.480 e.